The summed E-state index contributed by atoms with van der Waals surface area (Å²) in [5.41, 5.74) is 5.50. The summed E-state index contributed by atoms with van der Waals surface area (Å²) >= 11 is 0. The van der Waals surface area contributed by atoms with Gasteiger partial charge in [0.05, 0.1) is 6.54 Å². The fourth-order valence-electron chi connectivity index (χ4n) is 2.72. The van der Waals surface area contributed by atoms with E-state index in [0.717, 1.165) is 6.42 Å². The number of rotatable bonds is 6. The lowest BCUT2D eigenvalue weighted by atomic mass is 9.73. The number of hydrogen-bond acceptors (Lipinski definition) is 2. The zero-order chi connectivity index (χ0) is 16.6. The van der Waals surface area contributed by atoms with Gasteiger partial charge in [-0.1, -0.05) is 72.2 Å². The third-order valence-corrected chi connectivity index (χ3v) is 4.22. The Morgan fingerprint density at radius 1 is 1.32 bits per heavy atom. The summed E-state index contributed by atoms with van der Waals surface area (Å²) < 4.78 is 0. The number of nitrogens with zero attached hydrogens (tertiary/aromatic N) is 1. The number of nitroso groups, excluding NO2 is 1. The molecule has 0 aliphatic heterocycles. The molecule has 0 amide bonds. The van der Waals surface area contributed by atoms with Gasteiger partial charge in [-0.15, -0.1) is 0 Å². The van der Waals surface area contributed by atoms with Gasteiger partial charge in [0.2, 0.25) is 0 Å². The molecular formula is C20H29NO. The minimum Gasteiger partial charge on any atom is -0.151 e. The molecule has 0 aromatic carbocycles. The van der Waals surface area contributed by atoms with E-state index in [-0.39, 0.29) is 5.41 Å². The van der Waals surface area contributed by atoms with Gasteiger partial charge in [0, 0.05) is 0 Å². The zero-order valence-corrected chi connectivity index (χ0v) is 14.6. The molecule has 0 saturated heterocycles. The largest absolute Gasteiger partial charge is 0.151 e. The molecule has 0 aromatic rings. The lowest BCUT2D eigenvalue weighted by Crippen LogP contribution is -2.18. The highest BCUT2D eigenvalue weighted by Crippen LogP contribution is 2.40. The highest BCUT2D eigenvalue weighted by atomic mass is 16.3. The Morgan fingerprint density at radius 3 is 2.68 bits per heavy atom. The molecule has 1 rings (SSSR count). The normalized spacial score (nSPS) is 21.3. The summed E-state index contributed by atoms with van der Waals surface area (Å²) in [6.45, 7) is 11.3. The molecule has 22 heavy (non-hydrogen) atoms. The van der Waals surface area contributed by atoms with Crippen LogP contribution in [0.1, 0.15) is 53.9 Å². The third kappa shape index (κ3) is 5.97. The first-order valence-corrected chi connectivity index (χ1v) is 8.06. The van der Waals surface area contributed by atoms with Crippen molar-refractivity contribution in [2.45, 2.75) is 53.9 Å². The lowest BCUT2D eigenvalue weighted by Gasteiger charge is -2.32. The van der Waals surface area contributed by atoms with E-state index in [1.165, 1.54) is 35.1 Å². The molecule has 0 fully saturated rings. The maximum Gasteiger partial charge on any atom is 0.0848 e. The summed E-state index contributed by atoms with van der Waals surface area (Å²) in [6.07, 6.45) is 16.1. The van der Waals surface area contributed by atoms with Crippen LogP contribution in [0.2, 0.25) is 0 Å². The maximum atomic E-state index is 10.1. The average molecular weight is 299 g/mol. The Bertz CT molecular complexity index is 542. The van der Waals surface area contributed by atoms with Crippen LogP contribution in [-0.4, -0.2) is 6.54 Å². The Labute approximate surface area is 135 Å². The second-order valence-corrected chi connectivity index (χ2v) is 6.78. The van der Waals surface area contributed by atoms with Gasteiger partial charge >= 0.3 is 0 Å². The second kappa shape index (κ2) is 8.67. The summed E-state index contributed by atoms with van der Waals surface area (Å²) in [7, 11) is 0. The molecule has 2 heteroatoms. The van der Waals surface area contributed by atoms with Crippen molar-refractivity contribution in [3.8, 4) is 0 Å². The molecule has 0 heterocycles. The highest BCUT2D eigenvalue weighted by Gasteiger charge is 2.26. The second-order valence-electron chi connectivity index (χ2n) is 6.78. The molecule has 1 aliphatic rings. The minimum absolute atomic E-state index is 0.262. The first-order valence-electron chi connectivity index (χ1n) is 8.06. The Morgan fingerprint density at radius 2 is 2.05 bits per heavy atom. The highest BCUT2D eigenvalue weighted by molar-refractivity contribution is 5.40. The van der Waals surface area contributed by atoms with Crippen LogP contribution in [0.25, 0.3) is 0 Å². The predicted octanol–water partition coefficient (Wildman–Crippen LogP) is 6.28. The molecular weight excluding hydrogens is 270 g/mol. The molecule has 0 unspecified atom stereocenters. The Hall–Kier alpha value is -1.70. The summed E-state index contributed by atoms with van der Waals surface area (Å²) in [4.78, 5) is 10.1. The van der Waals surface area contributed by atoms with Crippen molar-refractivity contribution in [1.82, 2.24) is 0 Å². The van der Waals surface area contributed by atoms with E-state index in [9.17, 15) is 4.91 Å². The maximum absolute atomic E-state index is 10.1. The van der Waals surface area contributed by atoms with Crippen molar-refractivity contribution >= 4 is 0 Å². The van der Waals surface area contributed by atoms with Crippen molar-refractivity contribution in [3.63, 3.8) is 0 Å². The SMILES string of the molecule is CC1=CCCC(C)(C)\C1=C/C=C(C)/C=C/C=C(\C)CCN=O. The summed E-state index contributed by atoms with van der Waals surface area (Å²) in [5, 5.41) is 2.88. The van der Waals surface area contributed by atoms with Gasteiger partial charge < -0.3 is 0 Å². The van der Waals surface area contributed by atoms with E-state index in [1.54, 1.807) is 0 Å². The monoisotopic (exact) mass is 299 g/mol. The van der Waals surface area contributed by atoms with Gasteiger partial charge in [-0.05, 0) is 51.0 Å². The fraction of sp³-hybridized carbons (Fsp3) is 0.500. The van der Waals surface area contributed by atoms with Crippen LogP contribution in [0, 0.1) is 10.3 Å². The van der Waals surface area contributed by atoms with E-state index in [1.807, 2.05) is 19.1 Å². The van der Waals surface area contributed by atoms with Crippen molar-refractivity contribution in [2.75, 3.05) is 6.54 Å². The lowest BCUT2D eigenvalue weighted by molar-refractivity contribution is 0.404. The van der Waals surface area contributed by atoms with Crippen LogP contribution >= 0.6 is 0 Å². The van der Waals surface area contributed by atoms with Crippen LogP contribution in [0.4, 0.5) is 0 Å². The third-order valence-electron chi connectivity index (χ3n) is 4.22. The first kappa shape index (κ1) is 18.3. The standard InChI is InChI=1S/C20H29NO/c1-16(8-6-9-17(2)13-15-21-22)11-12-19-18(3)10-7-14-20(19,4)5/h6,8-12H,7,13-15H2,1-5H3/b8-6+,16-11+,17-9+,19-12-. The molecule has 1 aliphatic carbocycles. The van der Waals surface area contributed by atoms with Crippen LogP contribution in [0.15, 0.2) is 63.9 Å². The fourth-order valence-corrected chi connectivity index (χ4v) is 2.72. The first-order chi connectivity index (χ1) is 10.4. The van der Waals surface area contributed by atoms with Crippen molar-refractivity contribution < 1.29 is 0 Å². The van der Waals surface area contributed by atoms with Crippen molar-refractivity contribution in [3.05, 3.63) is 63.7 Å². The molecule has 2 nitrogen and oxygen atoms in total. The van der Waals surface area contributed by atoms with Gasteiger partial charge in [-0.3, -0.25) is 0 Å². The van der Waals surface area contributed by atoms with Gasteiger partial charge in [0.25, 0.3) is 0 Å². The number of hydrogen-bond donors (Lipinski definition) is 0. The van der Waals surface area contributed by atoms with Crippen LogP contribution in [0.3, 0.4) is 0 Å². The molecule has 0 bridgehead atoms. The van der Waals surface area contributed by atoms with Crippen LogP contribution in [-0.2, 0) is 0 Å². The van der Waals surface area contributed by atoms with E-state index in [0.29, 0.717) is 6.54 Å². The molecule has 0 N–H and O–H groups in total. The molecule has 0 atom stereocenters. The van der Waals surface area contributed by atoms with Gasteiger partial charge in [0.15, 0.2) is 0 Å². The van der Waals surface area contributed by atoms with Gasteiger partial charge in [0.1, 0.15) is 0 Å². The Kier molecular flexibility index (Phi) is 7.23. The van der Waals surface area contributed by atoms with E-state index < -0.39 is 0 Å². The minimum atomic E-state index is 0.262. The van der Waals surface area contributed by atoms with Crippen LogP contribution < -0.4 is 0 Å². The average Bonchev–Trinajstić information content (AvgIpc) is 2.43. The molecule has 0 aromatic heterocycles. The van der Waals surface area contributed by atoms with E-state index in [2.05, 4.69) is 57.2 Å². The topological polar surface area (TPSA) is 29.4 Å². The van der Waals surface area contributed by atoms with Crippen molar-refractivity contribution in [2.24, 2.45) is 10.6 Å². The summed E-state index contributed by atoms with van der Waals surface area (Å²) in [5.74, 6) is 0. The summed E-state index contributed by atoms with van der Waals surface area (Å²) in [6, 6.07) is 0. The molecule has 0 radical (unpaired) electrons. The molecule has 120 valence electrons. The van der Waals surface area contributed by atoms with Gasteiger partial charge in [-0.2, -0.15) is 4.91 Å². The van der Waals surface area contributed by atoms with E-state index >= 15 is 0 Å². The smallest absolute Gasteiger partial charge is 0.0848 e. The molecule has 0 spiro atoms. The van der Waals surface area contributed by atoms with Crippen molar-refractivity contribution in [1.29, 1.82) is 0 Å². The Balaban J connectivity index is 2.76. The van der Waals surface area contributed by atoms with Crippen LogP contribution in [0.5, 0.6) is 0 Å². The number of allylic oxidation sites excluding steroid dienone is 9. The molecule has 0 saturated carbocycles. The quantitative estimate of drug-likeness (QED) is 0.419. The van der Waals surface area contributed by atoms with E-state index in [4.69, 9.17) is 0 Å². The van der Waals surface area contributed by atoms with Gasteiger partial charge in [-0.25, -0.2) is 0 Å². The predicted molar refractivity (Wildman–Crippen MR) is 96.8 cm³/mol. The zero-order valence-electron chi connectivity index (χ0n) is 14.6.